The van der Waals surface area contributed by atoms with Gasteiger partial charge in [-0.25, -0.2) is 9.97 Å². The SMILES string of the molecule is Cc1nc2cccnc2n1-c1cc(C(=O)NCCN2CCCC2)ccc1Cl. The highest BCUT2D eigenvalue weighted by atomic mass is 35.5. The van der Waals surface area contributed by atoms with Crippen molar-refractivity contribution in [3.8, 4) is 5.69 Å². The molecule has 0 unspecified atom stereocenters. The molecule has 1 aromatic carbocycles. The number of rotatable bonds is 5. The minimum atomic E-state index is -0.0952. The molecule has 2 aromatic heterocycles. The molecule has 1 N–H and O–H groups in total. The summed E-state index contributed by atoms with van der Waals surface area (Å²) in [6.45, 7) is 5.69. The molecule has 0 aliphatic carbocycles. The van der Waals surface area contributed by atoms with Crippen LogP contribution in [0.25, 0.3) is 16.9 Å². The first kappa shape index (κ1) is 17.9. The lowest BCUT2D eigenvalue weighted by Crippen LogP contribution is -2.33. The topological polar surface area (TPSA) is 63.1 Å². The Morgan fingerprint density at radius 3 is 2.89 bits per heavy atom. The molecule has 1 saturated heterocycles. The van der Waals surface area contributed by atoms with Crippen LogP contribution >= 0.6 is 11.6 Å². The maximum absolute atomic E-state index is 12.6. The summed E-state index contributed by atoms with van der Waals surface area (Å²) in [7, 11) is 0. The first-order valence-electron chi connectivity index (χ1n) is 9.24. The van der Waals surface area contributed by atoms with Crippen molar-refractivity contribution < 1.29 is 4.79 Å². The van der Waals surface area contributed by atoms with Gasteiger partial charge < -0.3 is 10.2 Å². The van der Waals surface area contributed by atoms with E-state index in [0.717, 1.165) is 36.6 Å². The zero-order valence-corrected chi connectivity index (χ0v) is 16.0. The van der Waals surface area contributed by atoms with Gasteiger partial charge in [0.25, 0.3) is 5.91 Å². The van der Waals surface area contributed by atoms with Crippen LogP contribution in [0.2, 0.25) is 5.02 Å². The van der Waals surface area contributed by atoms with Gasteiger partial charge in [-0.1, -0.05) is 11.6 Å². The minimum absolute atomic E-state index is 0.0952. The summed E-state index contributed by atoms with van der Waals surface area (Å²) in [5.74, 6) is 0.680. The molecule has 0 saturated carbocycles. The van der Waals surface area contributed by atoms with E-state index in [-0.39, 0.29) is 5.91 Å². The predicted octanol–water partition coefficient (Wildman–Crippen LogP) is 3.21. The van der Waals surface area contributed by atoms with Crippen LogP contribution in [0.4, 0.5) is 0 Å². The third-order valence-electron chi connectivity index (χ3n) is 4.95. The molecule has 3 aromatic rings. The number of benzene rings is 1. The molecule has 0 atom stereocenters. The van der Waals surface area contributed by atoms with E-state index in [1.165, 1.54) is 12.8 Å². The highest BCUT2D eigenvalue weighted by Crippen LogP contribution is 2.26. The molecule has 0 spiro atoms. The highest BCUT2D eigenvalue weighted by Gasteiger charge is 2.16. The van der Waals surface area contributed by atoms with Crippen molar-refractivity contribution >= 4 is 28.7 Å². The van der Waals surface area contributed by atoms with Crippen LogP contribution < -0.4 is 5.32 Å². The van der Waals surface area contributed by atoms with E-state index in [1.54, 1.807) is 24.4 Å². The summed E-state index contributed by atoms with van der Waals surface area (Å²) in [6, 6.07) is 9.06. The lowest BCUT2D eigenvalue weighted by molar-refractivity contribution is 0.0949. The first-order valence-corrected chi connectivity index (χ1v) is 9.62. The molecule has 7 heteroatoms. The van der Waals surface area contributed by atoms with Crippen molar-refractivity contribution in [3.05, 3.63) is 52.9 Å². The number of carbonyl (C=O) groups excluding carboxylic acids is 1. The first-order chi connectivity index (χ1) is 13.1. The lowest BCUT2D eigenvalue weighted by Gasteiger charge is -2.15. The summed E-state index contributed by atoms with van der Waals surface area (Å²) in [6.07, 6.45) is 4.23. The molecule has 0 radical (unpaired) electrons. The second kappa shape index (κ2) is 7.66. The molecular formula is C20H22ClN5O. The Kier molecular flexibility index (Phi) is 5.09. The quantitative estimate of drug-likeness (QED) is 0.734. The fourth-order valence-electron chi connectivity index (χ4n) is 3.58. The molecular weight excluding hydrogens is 362 g/mol. The molecule has 1 aliphatic heterocycles. The van der Waals surface area contributed by atoms with Gasteiger partial charge in [-0.15, -0.1) is 0 Å². The number of hydrogen-bond acceptors (Lipinski definition) is 4. The second-order valence-corrected chi connectivity index (χ2v) is 7.22. The number of aryl methyl sites for hydroxylation is 1. The monoisotopic (exact) mass is 383 g/mol. The largest absolute Gasteiger partial charge is 0.351 e. The van der Waals surface area contributed by atoms with Gasteiger partial charge in [-0.2, -0.15) is 0 Å². The number of amides is 1. The fraction of sp³-hybridized carbons (Fsp3) is 0.350. The summed E-state index contributed by atoms with van der Waals surface area (Å²) in [5.41, 5.74) is 2.81. The van der Waals surface area contributed by atoms with Crippen molar-refractivity contribution in [2.24, 2.45) is 0 Å². The number of carbonyl (C=O) groups is 1. The Hall–Kier alpha value is -2.44. The maximum atomic E-state index is 12.6. The van der Waals surface area contributed by atoms with Gasteiger partial charge in [0.1, 0.15) is 11.3 Å². The molecule has 27 heavy (non-hydrogen) atoms. The van der Waals surface area contributed by atoms with E-state index < -0.39 is 0 Å². The molecule has 1 aliphatic rings. The van der Waals surface area contributed by atoms with E-state index in [0.29, 0.717) is 22.8 Å². The number of imidazole rings is 1. The van der Waals surface area contributed by atoms with Gasteiger partial charge in [-0.3, -0.25) is 9.36 Å². The number of aromatic nitrogens is 3. The Morgan fingerprint density at radius 2 is 2.07 bits per heavy atom. The van der Waals surface area contributed by atoms with E-state index in [9.17, 15) is 4.79 Å². The molecule has 1 amide bonds. The molecule has 140 valence electrons. The van der Waals surface area contributed by atoms with Crippen molar-refractivity contribution in [1.82, 2.24) is 24.8 Å². The third kappa shape index (κ3) is 3.68. The van der Waals surface area contributed by atoms with Gasteiger partial charge >= 0.3 is 0 Å². The lowest BCUT2D eigenvalue weighted by atomic mass is 10.2. The van der Waals surface area contributed by atoms with Crippen LogP contribution in [0.1, 0.15) is 29.0 Å². The van der Waals surface area contributed by atoms with Crippen molar-refractivity contribution in [2.75, 3.05) is 26.2 Å². The number of nitrogens with zero attached hydrogens (tertiary/aromatic N) is 4. The standard InChI is InChI=1S/C20H22ClN5O/c1-14-24-17-5-4-8-22-19(17)26(14)18-13-15(6-7-16(18)21)20(27)23-9-12-25-10-2-3-11-25/h4-8,13H,2-3,9-12H2,1H3,(H,23,27). The van der Waals surface area contributed by atoms with Crippen molar-refractivity contribution in [1.29, 1.82) is 0 Å². The van der Waals surface area contributed by atoms with Crippen LogP contribution in [0.5, 0.6) is 0 Å². The molecule has 6 nitrogen and oxygen atoms in total. The molecule has 0 bridgehead atoms. The third-order valence-corrected chi connectivity index (χ3v) is 5.26. The minimum Gasteiger partial charge on any atom is -0.351 e. The predicted molar refractivity (Wildman–Crippen MR) is 107 cm³/mol. The Morgan fingerprint density at radius 1 is 1.26 bits per heavy atom. The van der Waals surface area contributed by atoms with Crippen LogP contribution in [0.15, 0.2) is 36.5 Å². The number of pyridine rings is 1. The zero-order valence-electron chi connectivity index (χ0n) is 15.3. The highest BCUT2D eigenvalue weighted by molar-refractivity contribution is 6.32. The van der Waals surface area contributed by atoms with Crippen LogP contribution in [-0.4, -0.2) is 51.5 Å². The van der Waals surface area contributed by atoms with E-state index in [2.05, 4.69) is 20.2 Å². The van der Waals surface area contributed by atoms with Gasteiger partial charge in [-0.05, 0) is 63.2 Å². The van der Waals surface area contributed by atoms with Crippen LogP contribution in [0, 0.1) is 6.92 Å². The van der Waals surface area contributed by atoms with Gasteiger partial charge in [0, 0.05) is 24.8 Å². The number of halogens is 1. The Labute approximate surface area is 163 Å². The van der Waals surface area contributed by atoms with Crippen molar-refractivity contribution in [3.63, 3.8) is 0 Å². The average molecular weight is 384 g/mol. The zero-order chi connectivity index (χ0) is 18.8. The Balaban J connectivity index is 1.57. The van der Waals surface area contributed by atoms with Crippen molar-refractivity contribution in [2.45, 2.75) is 19.8 Å². The van der Waals surface area contributed by atoms with E-state index >= 15 is 0 Å². The van der Waals surface area contributed by atoms with E-state index in [1.807, 2.05) is 23.6 Å². The summed E-state index contributed by atoms with van der Waals surface area (Å²) >= 11 is 6.44. The van der Waals surface area contributed by atoms with Gasteiger partial charge in [0.05, 0.1) is 10.7 Å². The second-order valence-electron chi connectivity index (χ2n) is 6.81. The summed E-state index contributed by atoms with van der Waals surface area (Å²) < 4.78 is 1.89. The number of likely N-dealkylation sites (tertiary alicyclic amines) is 1. The number of hydrogen-bond donors (Lipinski definition) is 1. The molecule has 1 fully saturated rings. The normalized spacial score (nSPS) is 14.7. The van der Waals surface area contributed by atoms with Gasteiger partial charge in [0.2, 0.25) is 0 Å². The fourth-order valence-corrected chi connectivity index (χ4v) is 3.78. The van der Waals surface area contributed by atoms with Crippen LogP contribution in [0.3, 0.4) is 0 Å². The maximum Gasteiger partial charge on any atom is 0.251 e. The molecule has 3 heterocycles. The number of nitrogens with one attached hydrogen (secondary N) is 1. The molecule has 4 rings (SSSR count). The number of fused-ring (bicyclic) bond motifs is 1. The summed E-state index contributed by atoms with van der Waals surface area (Å²) in [5, 5.41) is 3.56. The van der Waals surface area contributed by atoms with Gasteiger partial charge in [0.15, 0.2) is 5.65 Å². The van der Waals surface area contributed by atoms with E-state index in [4.69, 9.17) is 11.6 Å². The Bertz CT molecular complexity index is 978. The average Bonchev–Trinajstić information content (AvgIpc) is 3.29. The smallest absolute Gasteiger partial charge is 0.251 e. The van der Waals surface area contributed by atoms with Crippen LogP contribution in [-0.2, 0) is 0 Å². The summed E-state index contributed by atoms with van der Waals surface area (Å²) in [4.78, 5) is 23.9.